The van der Waals surface area contributed by atoms with E-state index >= 15 is 0 Å². The quantitative estimate of drug-likeness (QED) is 0.384. The van der Waals surface area contributed by atoms with E-state index in [0.29, 0.717) is 6.42 Å². The molecule has 0 amide bonds. The van der Waals surface area contributed by atoms with Crippen molar-refractivity contribution in [3.8, 4) is 5.75 Å². The van der Waals surface area contributed by atoms with Crippen LogP contribution in [0.1, 0.15) is 29.7 Å². The zero-order valence-electron chi connectivity index (χ0n) is 16.8. The molecule has 2 N–H and O–H groups in total. The Morgan fingerprint density at radius 1 is 0.833 bits per heavy atom. The molecule has 0 aliphatic heterocycles. The van der Waals surface area contributed by atoms with Gasteiger partial charge in [0.15, 0.2) is 0 Å². The van der Waals surface area contributed by atoms with Gasteiger partial charge in [-0.2, -0.15) is 0 Å². The van der Waals surface area contributed by atoms with Crippen LogP contribution >= 0.6 is 0 Å². The average molecular weight is 401 g/mol. The van der Waals surface area contributed by atoms with Crippen molar-refractivity contribution >= 4 is 16.5 Å². The van der Waals surface area contributed by atoms with Gasteiger partial charge in [-0.15, -0.1) is 0 Å². The SMILES string of the molecule is COc1ccc(C(CC(O)c2ccc3ccccc3c2)Nc2ccc(F)cc2)cc1. The Kier molecular flexibility index (Phi) is 5.96. The molecule has 2 unspecified atom stereocenters. The topological polar surface area (TPSA) is 41.5 Å². The summed E-state index contributed by atoms with van der Waals surface area (Å²) < 4.78 is 18.6. The highest BCUT2D eigenvalue weighted by Gasteiger charge is 2.19. The fraction of sp³-hybridized carbons (Fsp3) is 0.154. The Labute approximate surface area is 175 Å². The zero-order valence-corrected chi connectivity index (χ0v) is 16.8. The Hall–Kier alpha value is -3.37. The van der Waals surface area contributed by atoms with E-state index < -0.39 is 6.10 Å². The number of methoxy groups -OCH3 is 1. The second kappa shape index (κ2) is 8.97. The number of hydrogen-bond donors (Lipinski definition) is 2. The van der Waals surface area contributed by atoms with Gasteiger partial charge in [0.25, 0.3) is 0 Å². The molecule has 30 heavy (non-hydrogen) atoms. The molecular formula is C26H24FNO2. The first-order valence-electron chi connectivity index (χ1n) is 9.95. The number of halogens is 1. The van der Waals surface area contributed by atoms with Crippen molar-refractivity contribution in [2.45, 2.75) is 18.6 Å². The number of aliphatic hydroxyl groups is 1. The van der Waals surface area contributed by atoms with Crippen LogP contribution < -0.4 is 10.1 Å². The molecule has 152 valence electrons. The van der Waals surface area contributed by atoms with Gasteiger partial charge in [-0.25, -0.2) is 4.39 Å². The van der Waals surface area contributed by atoms with Crippen molar-refractivity contribution < 1.29 is 14.2 Å². The smallest absolute Gasteiger partial charge is 0.123 e. The van der Waals surface area contributed by atoms with Crippen molar-refractivity contribution in [3.63, 3.8) is 0 Å². The molecule has 0 bridgehead atoms. The minimum absolute atomic E-state index is 0.164. The number of benzene rings is 4. The zero-order chi connectivity index (χ0) is 20.9. The largest absolute Gasteiger partial charge is 0.497 e. The van der Waals surface area contributed by atoms with E-state index in [0.717, 1.165) is 33.3 Å². The molecule has 2 atom stereocenters. The summed E-state index contributed by atoms with van der Waals surface area (Å²) in [5.74, 6) is 0.493. The molecule has 4 rings (SSSR count). The van der Waals surface area contributed by atoms with Crippen molar-refractivity contribution in [3.05, 3.63) is 108 Å². The highest BCUT2D eigenvalue weighted by molar-refractivity contribution is 5.83. The third-order valence-electron chi connectivity index (χ3n) is 5.32. The van der Waals surface area contributed by atoms with Crippen LogP contribution in [-0.2, 0) is 0 Å². The van der Waals surface area contributed by atoms with E-state index in [-0.39, 0.29) is 11.9 Å². The Bertz CT molecular complexity index is 1110. The molecule has 0 heterocycles. The van der Waals surface area contributed by atoms with E-state index in [4.69, 9.17) is 4.74 Å². The maximum Gasteiger partial charge on any atom is 0.123 e. The summed E-state index contributed by atoms with van der Waals surface area (Å²) in [4.78, 5) is 0. The highest BCUT2D eigenvalue weighted by atomic mass is 19.1. The van der Waals surface area contributed by atoms with Crippen molar-refractivity contribution in [2.75, 3.05) is 12.4 Å². The molecular weight excluding hydrogens is 377 g/mol. The third kappa shape index (κ3) is 4.61. The van der Waals surface area contributed by atoms with Crippen molar-refractivity contribution in [1.82, 2.24) is 0 Å². The number of rotatable bonds is 7. The van der Waals surface area contributed by atoms with E-state index in [1.165, 1.54) is 12.1 Å². The first kappa shape index (κ1) is 19.9. The summed E-state index contributed by atoms with van der Waals surface area (Å²) in [7, 11) is 1.63. The first-order chi connectivity index (χ1) is 14.6. The van der Waals surface area contributed by atoms with Crippen LogP contribution in [0.5, 0.6) is 5.75 Å². The van der Waals surface area contributed by atoms with Crippen LogP contribution in [0.15, 0.2) is 91.0 Å². The maximum atomic E-state index is 13.3. The van der Waals surface area contributed by atoms with Gasteiger partial charge in [0.2, 0.25) is 0 Å². The van der Waals surface area contributed by atoms with Gasteiger partial charge < -0.3 is 15.2 Å². The van der Waals surface area contributed by atoms with Crippen LogP contribution in [0.4, 0.5) is 10.1 Å². The standard InChI is InChI=1S/C26H24FNO2/c1-30-24-14-8-19(9-15-24)25(28-23-12-10-22(27)11-13-23)17-26(29)21-7-6-18-4-2-3-5-20(18)16-21/h2-16,25-26,28-29H,17H2,1H3. The molecule has 0 spiro atoms. The molecule has 0 aromatic heterocycles. The van der Waals surface area contributed by atoms with E-state index in [1.807, 2.05) is 60.7 Å². The lowest BCUT2D eigenvalue weighted by molar-refractivity contribution is 0.161. The summed E-state index contributed by atoms with van der Waals surface area (Å²) in [5, 5.41) is 16.7. The Balaban J connectivity index is 1.60. The van der Waals surface area contributed by atoms with E-state index in [9.17, 15) is 9.50 Å². The van der Waals surface area contributed by atoms with Crippen LogP contribution in [0.3, 0.4) is 0 Å². The number of fused-ring (bicyclic) bond motifs is 1. The predicted molar refractivity (Wildman–Crippen MR) is 119 cm³/mol. The summed E-state index contributed by atoms with van der Waals surface area (Å²) in [6.07, 6.45) is -0.197. The maximum absolute atomic E-state index is 13.3. The third-order valence-corrected chi connectivity index (χ3v) is 5.32. The van der Waals surface area contributed by atoms with Gasteiger partial charge >= 0.3 is 0 Å². The summed E-state index contributed by atoms with van der Waals surface area (Å²) in [6.45, 7) is 0. The molecule has 0 saturated heterocycles. The minimum atomic E-state index is -0.658. The van der Waals surface area contributed by atoms with Gasteiger partial charge in [-0.3, -0.25) is 0 Å². The normalized spacial score (nSPS) is 13.0. The van der Waals surface area contributed by atoms with Gasteiger partial charge in [-0.1, -0.05) is 48.5 Å². The fourth-order valence-corrected chi connectivity index (χ4v) is 3.64. The molecule has 0 saturated carbocycles. The molecule has 0 aliphatic rings. The van der Waals surface area contributed by atoms with Gasteiger partial charge in [0.1, 0.15) is 11.6 Å². The lowest BCUT2D eigenvalue weighted by Crippen LogP contribution is -2.15. The lowest BCUT2D eigenvalue weighted by atomic mass is 9.95. The lowest BCUT2D eigenvalue weighted by Gasteiger charge is -2.24. The van der Waals surface area contributed by atoms with E-state index in [1.54, 1.807) is 19.2 Å². The van der Waals surface area contributed by atoms with Crippen molar-refractivity contribution in [2.24, 2.45) is 0 Å². The minimum Gasteiger partial charge on any atom is -0.497 e. The molecule has 4 aromatic carbocycles. The number of ether oxygens (including phenoxy) is 1. The monoisotopic (exact) mass is 401 g/mol. The number of anilines is 1. The van der Waals surface area contributed by atoms with E-state index in [2.05, 4.69) is 11.4 Å². The second-order valence-electron chi connectivity index (χ2n) is 7.34. The summed E-state index contributed by atoms with van der Waals surface area (Å²) >= 11 is 0. The van der Waals surface area contributed by atoms with Crippen molar-refractivity contribution in [1.29, 1.82) is 0 Å². The average Bonchev–Trinajstić information content (AvgIpc) is 2.79. The molecule has 3 nitrogen and oxygen atoms in total. The van der Waals surface area contributed by atoms with Crippen LogP contribution in [0.2, 0.25) is 0 Å². The molecule has 4 aromatic rings. The number of aliphatic hydroxyl groups excluding tert-OH is 1. The van der Waals surface area contributed by atoms with Crippen LogP contribution in [0.25, 0.3) is 10.8 Å². The molecule has 0 fully saturated rings. The predicted octanol–water partition coefficient (Wildman–Crippen LogP) is 6.26. The Morgan fingerprint density at radius 2 is 1.50 bits per heavy atom. The summed E-state index contributed by atoms with van der Waals surface area (Å²) in [5.41, 5.74) is 2.68. The Morgan fingerprint density at radius 3 is 2.20 bits per heavy atom. The molecule has 0 radical (unpaired) electrons. The number of nitrogens with one attached hydrogen (secondary N) is 1. The fourth-order valence-electron chi connectivity index (χ4n) is 3.64. The molecule has 4 heteroatoms. The van der Waals surface area contributed by atoms with Crippen LogP contribution in [-0.4, -0.2) is 12.2 Å². The van der Waals surface area contributed by atoms with Crippen LogP contribution in [0, 0.1) is 5.82 Å². The van der Waals surface area contributed by atoms with Gasteiger partial charge in [0.05, 0.1) is 19.3 Å². The second-order valence-corrected chi connectivity index (χ2v) is 7.34. The van der Waals surface area contributed by atoms with Gasteiger partial charge in [0, 0.05) is 12.1 Å². The molecule has 0 aliphatic carbocycles. The highest BCUT2D eigenvalue weighted by Crippen LogP contribution is 2.32. The van der Waals surface area contributed by atoms with Gasteiger partial charge in [-0.05, 0) is 64.4 Å². The first-order valence-corrected chi connectivity index (χ1v) is 9.95. The summed E-state index contributed by atoms with van der Waals surface area (Å²) in [6, 6.07) is 28.0. The number of hydrogen-bond acceptors (Lipinski definition) is 3.